The standard InChI is InChI=1S/C13H16N2S/c1-10-4-3-6-14-13(10)15-11(2)8-12-5-7-16-9-12/h3-7,9,11H,8H2,1-2H3,(H,14,15). The van der Waals surface area contributed by atoms with Crippen LogP contribution in [0.1, 0.15) is 18.1 Å². The molecule has 2 rings (SSSR count). The topological polar surface area (TPSA) is 24.9 Å². The average Bonchev–Trinajstić information content (AvgIpc) is 2.74. The van der Waals surface area contributed by atoms with Crippen LogP contribution < -0.4 is 5.32 Å². The third-order valence-electron chi connectivity index (χ3n) is 2.51. The van der Waals surface area contributed by atoms with Crippen LogP contribution in [0.2, 0.25) is 0 Å². The van der Waals surface area contributed by atoms with Crippen LogP contribution in [0, 0.1) is 6.92 Å². The molecule has 2 heterocycles. The normalized spacial score (nSPS) is 12.4. The van der Waals surface area contributed by atoms with E-state index < -0.39 is 0 Å². The van der Waals surface area contributed by atoms with Crippen molar-refractivity contribution < 1.29 is 0 Å². The van der Waals surface area contributed by atoms with E-state index in [1.54, 1.807) is 11.3 Å². The van der Waals surface area contributed by atoms with Gasteiger partial charge in [0.2, 0.25) is 0 Å². The molecule has 0 aliphatic rings. The summed E-state index contributed by atoms with van der Waals surface area (Å²) in [6, 6.07) is 6.62. The Balaban J connectivity index is 1.97. The molecule has 0 aromatic carbocycles. The summed E-state index contributed by atoms with van der Waals surface area (Å²) in [4.78, 5) is 4.34. The fraction of sp³-hybridized carbons (Fsp3) is 0.308. The smallest absolute Gasteiger partial charge is 0.129 e. The molecule has 0 amide bonds. The number of nitrogens with one attached hydrogen (secondary N) is 1. The Morgan fingerprint density at radius 2 is 2.31 bits per heavy atom. The molecule has 0 saturated carbocycles. The molecule has 0 aliphatic carbocycles. The third kappa shape index (κ3) is 2.83. The van der Waals surface area contributed by atoms with Crippen molar-refractivity contribution in [1.29, 1.82) is 0 Å². The summed E-state index contributed by atoms with van der Waals surface area (Å²) < 4.78 is 0. The van der Waals surface area contributed by atoms with Gasteiger partial charge >= 0.3 is 0 Å². The first kappa shape index (κ1) is 11.1. The Hall–Kier alpha value is -1.35. The van der Waals surface area contributed by atoms with Gasteiger partial charge in [0.1, 0.15) is 5.82 Å². The highest BCUT2D eigenvalue weighted by Gasteiger charge is 2.06. The number of aryl methyl sites for hydroxylation is 1. The monoisotopic (exact) mass is 232 g/mol. The molecule has 2 aromatic heterocycles. The Labute approximate surface area is 100 Å². The first-order valence-electron chi connectivity index (χ1n) is 5.45. The van der Waals surface area contributed by atoms with E-state index in [9.17, 15) is 0 Å². The highest BCUT2D eigenvalue weighted by atomic mass is 32.1. The van der Waals surface area contributed by atoms with E-state index in [0.717, 1.165) is 12.2 Å². The van der Waals surface area contributed by atoms with Crippen LogP contribution in [-0.4, -0.2) is 11.0 Å². The first-order valence-corrected chi connectivity index (χ1v) is 6.39. The third-order valence-corrected chi connectivity index (χ3v) is 3.25. The van der Waals surface area contributed by atoms with Crippen molar-refractivity contribution >= 4 is 17.2 Å². The summed E-state index contributed by atoms with van der Waals surface area (Å²) in [6.07, 6.45) is 2.87. The molecule has 2 aromatic rings. The fourth-order valence-electron chi connectivity index (χ4n) is 1.68. The molecule has 16 heavy (non-hydrogen) atoms. The van der Waals surface area contributed by atoms with E-state index in [1.165, 1.54) is 11.1 Å². The van der Waals surface area contributed by atoms with E-state index in [1.807, 2.05) is 12.3 Å². The van der Waals surface area contributed by atoms with E-state index in [2.05, 4.69) is 47.0 Å². The molecule has 2 nitrogen and oxygen atoms in total. The molecule has 3 heteroatoms. The van der Waals surface area contributed by atoms with Crippen molar-refractivity contribution in [3.63, 3.8) is 0 Å². The van der Waals surface area contributed by atoms with Crippen molar-refractivity contribution in [2.75, 3.05) is 5.32 Å². The van der Waals surface area contributed by atoms with Crippen molar-refractivity contribution in [2.24, 2.45) is 0 Å². The number of thiophene rings is 1. The van der Waals surface area contributed by atoms with Crippen LogP contribution in [-0.2, 0) is 6.42 Å². The van der Waals surface area contributed by atoms with Crippen molar-refractivity contribution in [2.45, 2.75) is 26.3 Å². The van der Waals surface area contributed by atoms with E-state index in [-0.39, 0.29) is 0 Å². The molecule has 0 bridgehead atoms. The lowest BCUT2D eigenvalue weighted by Gasteiger charge is -2.15. The maximum atomic E-state index is 4.34. The minimum Gasteiger partial charge on any atom is -0.367 e. The van der Waals surface area contributed by atoms with Gasteiger partial charge in [-0.25, -0.2) is 4.98 Å². The molecule has 84 valence electrons. The van der Waals surface area contributed by atoms with Crippen molar-refractivity contribution in [3.8, 4) is 0 Å². The number of hydrogen-bond acceptors (Lipinski definition) is 3. The van der Waals surface area contributed by atoms with Gasteiger partial charge in [0, 0.05) is 12.2 Å². The molecule has 0 spiro atoms. The van der Waals surface area contributed by atoms with Crippen LogP contribution in [0.15, 0.2) is 35.2 Å². The predicted molar refractivity (Wildman–Crippen MR) is 70.1 cm³/mol. The summed E-state index contributed by atoms with van der Waals surface area (Å²) in [7, 11) is 0. The maximum absolute atomic E-state index is 4.34. The quantitative estimate of drug-likeness (QED) is 0.872. The largest absolute Gasteiger partial charge is 0.367 e. The highest BCUT2D eigenvalue weighted by Crippen LogP contribution is 2.14. The summed E-state index contributed by atoms with van der Waals surface area (Å²) in [5.74, 6) is 0.991. The SMILES string of the molecule is Cc1cccnc1NC(C)Cc1ccsc1. The lowest BCUT2D eigenvalue weighted by Crippen LogP contribution is -2.19. The maximum Gasteiger partial charge on any atom is 0.129 e. The van der Waals surface area contributed by atoms with Gasteiger partial charge in [0.05, 0.1) is 0 Å². The molecule has 1 atom stereocenters. The Morgan fingerprint density at radius 1 is 1.44 bits per heavy atom. The number of hydrogen-bond donors (Lipinski definition) is 1. The summed E-state index contributed by atoms with van der Waals surface area (Å²) in [6.45, 7) is 4.26. The van der Waals surface area contributed by atoms with Crippen LogP contribution >= 0.6 is 11.3 Å². The summed E-state index contributed by atoms with van der Waals surface area (Å²) in [5, 5.41) is 7.76. The fourth-order valence-corrected chi connectivity index (χ4v) is 2.37. The Kier molecular flexibility index (Phi) is 3.57. The number of nitrogens with zero attached hydrogens (tertiary/aromatic N) is 1. The predicted octanol–water partition coefficient (Wildman–Crippen LogP) is 3.49. The lowest BCUT2D eigenvalue weighted by atomic mass is 10.1. The van der Waals surface area contributed by atoms with Gasteiger partial charge in [-0.2, -0.15) is 11.3 Å². The van der Waals surface area contributed by atoms with Crippen LogP contribution in [0.25, 0.3) is 0 Å². The van der Waals surface area contributed by atoms with Gasteiger partial charge in [-0.1, -0.05) is 6.07 Å². The van der Waals surface area contributed by atoms with E-state index in [0.29, 0.717) is 6.04 Å². The zero-order chi connectivity index (χ0) is 11.4. The Bertz CT molecular complexity index is 437. The lowest BCUT2D eigenvalue weighted by molar-refractivity contribution is 0.785. The van der Waals surface area contributed by atoms with Gasteiger partial charge in [0.25, 0.3) is 0 Å². The number of rotatable bonds is 4. The van der Waals surface area contributed by atoms with Gasteiger partial charge in [-0.15, -0.1) is 0 Å². The average molecular weight is 232 g/mol. The molecule has 0 saturated heterocycles. The highest BCUT2D eigenvalue weighted by molar-refractivity contribution is 7.07. The minimum atomic E-state index is 0.406. The van der Waals surface area contributed by atoms with Gasteiger partial charge in [-0.3, -0.25) is 0 Å². The molecule has 0 radical (unpaired) electrons. The zero-order valence-corrected chi connectivity index (χ0v) is 10.4. The van der Waals surface area contributed by atoms with Crippen LogP contribution in [0.3, 0.4) is 0 Å². The molecular formula is C13H16N2S. The molecule has 1 unspecified atom stereocenters. The molecule has 1 N–H and O–H groups in total. The first-order chi connectivity index (χ1) is 7.75. The van der Waals surface area contributed by atoms with Crippen molar-refractivity contribution in [3.05, 3.63) is 46.3 Å². The van der Waals surface area contributed by atoms with Crippen LogP contribution in [0.5, 0.6) is 0 Å². The summed E-state index contributed by atoms with van der Waals surface area (Å²) in [5.41, 5.74) is 2.58. The zero-order valence-electron chi connectivity index (χ0n) is 9.60. The van der Waals surface area contributed by atoms with Gasteiger partial charge in [-0.05, 0) is 54.3 Å². The van der Waals surface area contributed by atoms with E-state index in [4.69, 9.17) is 0 Å². The van der Waals surface area contributed by atoms with Crippen LogP contribution in [0.4, 0.5) is 5.82 Å². The second-order valence-electron chi connectivity index (χ2n) is 4.05. The number of pyridine rings is 1. The Morgan fingerprint density at radius 3 is 3.00 bits per heavy atom. The second kappa shape index (κ2) is 5.12. The van der Waals surface area contributed by atoms with Crippen molar-refractivity contribution in [1.82, 2.24) is 4.98 Å². The molecular weight excluding hydrogens is 216 g/mol. The second-order valence-corrected chi connectivity index (χ2v) is 4.83. The van der Waals surface area contributed by atoms with Gasteiger partial charge in [0.15, 0.2) is 0 Å². The number of aromatic nitrogens is 1. The summed E-state index contributed by atoms with van der Waals surface area (Å²) >= 11 is 1.75. The van der Waals surface area contributed by atoms with E-state index >= 15 is 0 Å². The molecule has 0 fully saturated rings. The minimum absolute atomic E-state index is 0.406. The molecule has 0 aliphatic heterocycles. The van der Waals surface area contributed by atoms with Gasteiger partial charge < -0.3 is 5.32 Å². The number of anilines is 1.